The van der Waals surface area contributed by atoms with Gasteiger partial charge in [0.2, 0.25) is 11.8 Å². The molecule has 2 aromatic rings. The van der Waals surface area contributed by atoms with Crippen molar-refractivity contribution in [1.29, 1.82) is 0 Å². The lowest BCUT2D eigenvalue weighted by Crippen LogP contribution is -2.50. The van der Waals surface area contributed by atoms with Crippen LogP contribution in [0.15, 0.2) is 30.3 Å². The summed E-state index contributed by atoms with van der Waals surface area (Å²) in [4.78, 5) is 27.7. The molecule has 4 rings (SSSR count). The number of nitrogens with one attached hydrogen (secondary N) is 1. The minimum atomic E-state index is -0.358. The molecule has 30 heavy (non-hydrogen) atoms. The molecule has 2 amide bonds. The van der Waals surface area contributed by atoms with Crippen LogP contribution in [0.5, 0.6) is 0 Å². The second-order valence-electron chi connectivity index (χ2n) is 8.83. The van der Waals surface area contributed by atoms with Crippen LogP contribution in [0.1, 0.15) is 62.8 Å². The van der Waals surface area contributed by atoms with Gasteiger partial charge in [0.15, 0.2) is 0 Å². The van der Waals surface area contributed by atoms with Crippen molar-refractivity contribution in [2.45, 2.75) is 71.3 Å². The smallest absolute Gasteiger partial charge is 0.247 e. The Kier molecular flexibility index (Phi) is 6.21. The topological polar surface area (TPSA) is 67.2 Å². The number of carbonyl (C=O) groups is 2. The Balaban J connectivity index is 1.41. The number of likely N-dealkylation sites (tertiary alicyclic amines) is 1. The highest BCUT2D eigenvalue weighted by molar-refractivity contribution is 5.97. The molecular weight excluding hydrogens is 376 g/mol. The van der Waals surface area contributed by atoms with Crippen molar-refractivity contribution in [3.05, 3.63) is 41.7 Å². The normalized spacial score (nSPS) is 19.8. The average molecular weight is 409 g/mol. The van der Waals surface area contributed by atoms with E-state index in [1.807, 2.05) is 53.8 Å². The van der Waals surface area contributed by atoms with Crippen molar-refractivity contribution in [2.75, 3.05) is 11.9 Å². The number of hydrogen-bond acceptors (Lipinski definition) is 3. The quantitative estimate of drug-likeness (QED) is 0.798. The number of aryl methyl sites for hydroxylation is 2. The van der Waals surface area contributed by atoms with E-state index in [2.05, 4.69) is 10.4 Å². The molecule has 1 saturated carbocycles. The summed E-state index contributed by atoms with van der Waals surface area (Å²) in [7, 11) is 0. The van der Waals surface area contributed by atoms with E-state index in [0.29, 0.717) is 18.9 Å². The maximum atomic E-state index is 13.0. The first-order chi connectivity index (χ1) is 14.5. The summed E-state index contributed by atoms with van der Waals surface area (Å²) in [5.74, 6) is 0.583. The lowest BCUT2D eigenvalue weighted by Gasteiger charge is -2.35. The third kappa shape index (κ3) is 4.58. The number of aromatic nitrogens is 2. The fourth-order valence-corrected chi connectivity index (χ4v) is 4.88. The van der Waals surface area contributed by atoms with E-state index in [9.17, 15) is 9.59 Å². The van der Waals surface area contributed by atoms with Crippen molar-refractivity contribution in [3.8, 4) is 5.69 Å². The van der Waals surface area contributed by atoms with E-state index in [0.717, 1.165) is 54.9 Å². The van der Waals surface area contributed by atoms with Gasteiger partial charge in [0, 0.05) is 24.3 Å². The van der Waals surface area contributed by atoms with Gasteiger partial charge in [0.05, 0.1) is 11.4 Å². The van der Waals surface area contributed by atoms with E-state index in [1.165, 1.54) is 12.8 Å². The molecule has 2 heterocycles. The molecule has 1 saturated heterocycles. The maximum Gasteiger partial charge on any atom is 0.247 e. The predicted molar refractivity (Wildman–Crippen MR) is 118 cm³/mol. The van der Waals surface area contributed by atoms with Crippen LogP contribution in [0.4, 0.5) is 5.69 Å². The number of anilines is 1. The van der Waals surface area contributed by atoms with Crippen LogP contribution in [0, 0.1) is 19.8 Å². The van der Waals surface area contributed by atoms with Gasteiger partial charge in [-0.05, 0) is 82.2 Å². The number of piperidine rings is 1. The van der Waals surface area contributed by atoms with E-state index in [4.69, 9.17) is 0 Å². The largest absolute Gasteiger partial charge is 0.331 e. The standard InChI is InChI=1S/C24H32N4O2/c1-17-15-18(2)28(26-17)21-12-10-20(11-13-21)25-24(30)22-9-5-6-14-27(22)23(29)16-19-7-3-4-8-19/h10-13,15,19,22H,3-9,14,16H2,1-2H3,(H,25,30). The molecule has 6 heteroatoms. The molecule has 1 N–H and O–H groups in total. The van der Waals surface area contributed by atoms with Crippen LogP contribution in [0.25, 0.3) is 5.69 Å². The molecule has 1 unspecified atom stereocenters. The second kappa shape index (κ2) is 9.02. The van der Waals surface area contributed by atoms with Crippen molar-refractivity contribution in [1.82, 2.24) is 14.7 Å². The molecule has 1 aromatic heterocycles. The van der Waals surface area contributed by atoms with Gasteiger partial charge in [0.1, 0.15) is 6.04 Å². The highest BCUT2D eigenvalue weighted by Crippen LogP contribution is 2.29. The predicted octanol–water partition coefficient (Wildman–Crippen LogP) is 4.39. The summed E-state index contributed by atoms with van der Waals surface area (Å²) in [6.45, 7) is 4.69. The highest BCUT2D eigenvalue weighted by atomic mass is 16.2. The molecule has 160 valence electrons. The lowest BCUT2D eigenvalue weighted by molar-refractivity contribution is -0.141. The SMILES string of the molecule is Cc1cc(C)n(-c2ccc(NC(=O)C3CCCCN3C(=O)CC3CCCC3)cc2)n1. The summed E-state index contributed by atoms with van der Waals surface area (Å²) in [5.41, 5.74) is 3.76. The summed E-state index contributed by atoms with van der Waals surface area (Å²) in [6, 6.07) is 9.39. The van der Waals surface area contributed by atoms with Crippen LogP contribution in [-0.4, -0.2) is 39.1 Å². The van der Waals surface area contributed by atoms with E-state index >= 15 is 0 Å². The first-order valence-corrected chi connectivity index (χ1v) is 11.3. The fraction of sp³-hybridized carbons (Fsp3) is 0.542. The summed E-state index contributed by atoms with van der Waals surface area (Å²) >= 11 is 0. The maximum absolute atomic E-state index is 13.0. The molecule has 2 aliphatic rings. The zero-order valence-electron chi connectivity index (χ0n) is 18.1. The van der Waals surface area contributed by atoms with Gasteiger partial charge in [-0.1, -0.05) is 12.8 Å². The number of rotatable bonds is 5. The van der Waals surface area contributed by atoms with Gasteiger partial charge in [-0.2, -0.15) is 5.10 Å². The molecule has 1 atom stereocenters. The van der Waals surface area contributed by atoms with Gasteiger partial charge in [-0.15, -0.1) is 0 Å². The van der Waals surface area contributed by atoms with Gasteiger partial charge in [-0.25, -0.2) is 4.68 Å². The Labute approximate surface area is 178 Å². The molecule has 0 radical (unpaired) electrons. The van der Waals surface area contributed by atoms with Gasteiger partial charge < -0.3 is 10.2 Å². The van der Waals surface area contributed by atoms with Crippen molar-refractivity contribution in [2.24, 2.45) is 5.92 Å². The van der Waals surface area contributed by atoms with Crippen LogP contribution in [0.2, 0.25) is 0 Å². The van der Waals surface area contributed by atoms with Gasteiger partial charge >= 0.3 is 0 Å². The van der Waals surface area contributed by atoms with Crippen LogP contribution < -0.4 is 5.32 Å². The van der Waals surface area contributed by atoms with Crippen molar-refractivity contribution < 1.29 is 9.59 Å². The first-order valence-electron chi connectivity index (χ1n) is 11.3. The van der Waals surface area contributed by atoms with Crippen LogP contribution in [0.3, 0.4) is 0 Å². The third-order valence-corrected chi connectivity index (χ3v) is 6.45. The lowest BCUT2D eigenvalue weighted by atomic mass is 9.97. The first kappa shape index (κ1) is 20.6. The molecule has 0 bridgehead atoms. The third-order valence-electron chi connectivity index (χ3n) is 6.45. The summed E-state index contributed by atoms with van der Waals surface area (Å²) in [6.07, 6.45) is 8.08. The second-order valence-corrected chi connectivity index (χ2v) is 8.83. The summed E-state index contributed by atoms with van der Waals surface area (Å²) < 4.78 is 1.89. The molecule has 1 aliphatic heterocycles. The molecule has 1 aromatic carbocycles. The Morgan fingerprint density at radius 1 is 1.03 bits per heavy atom. The minimum absolute atomic E-state index is 0.0756. The fourth-order valence-electron chi connectivity index (χ4n) is 4.88. The number of nitrogens with zero attached hydrogens (tertiary/aromatic N) is 3. The number of benzene rings is 1. The van der Waals surface area contributed by atoms with Gasteiger partial charge in [0.25, 0.3) is 0 Å². The van der Waals surface area contributed by atoms with Gasteiger partial charge in [-0.3, -0.25) is 9.59 Å². The van der Waals surface area contributed by atoms with Crippen LogP contribution in [-0.2, 0) is 9.59 Å². The van der Waals surface area contributed by atoms with E-state index in [1.54, 1.807) is 0 Å². The number of amides is 2. The highest BCUT2D eigenvalue weighted by Gasteiger charge is 2.33. The Morgan fingerprint density at radius 2 is 1.73 bits per heavy atom. The Hall–Kier alpha value is -2.63. The number of hydrogen-bond donors (Lipinski definition) is 1. The zero-order chi connectivity index (χ0) is 21.1. The Bertz CT molecular complexity index is 896. The molecule has 2 fully saturated rings. The summed E-state index contributed by atoms with van der Waals surface area (Å²) in [5, 5.41) is 7.53. The molecule has 6 nitrogen and oxygen atoms in total. The van der Waals surface area contributed by atoms with Crippen LogP contribution >= 0.6 is 0 Å². The average Bonchev–Trinajstić information content (AvgIpc) is 3.37. The molecule has 0 spiro atoms. The molecular formula is C24H32N4O2. The van der Waals surface area contributed by atoms with Crippen molar-refractivity contribution in [3.63, 3.8) is 0 Å². The Morgan fingerprint density at radius 3 is 2.40 bits per heavy atom. The number of carbonyl (C=O) groups excluding carboxylic acids is 2. The zero-order valence-corrected chi connectivity index (χ0v) is 18.1. The minimum Gasteiger partial charge on any atom is -0.331 e. The van der Waals surface area contributed by atoms with E-state index in [-0.39, 0.29) is 17.9 Å². The van der Waals surface area contributed by atoms with Crippen molar-refractivity contribution >= 4 is 17.5 Å². The van der Waals surface area contributed by atoms with E-state index < -0.39 is 0 Å². The molecule has 1 aliphatic carbocycles. The monoisotopic (exact) mass is 408 g/mol.